The molecule has 5 heteroatoms. The lowest BCUT2D eigenvalue weighted by atomic mass is 10.1. The molecule has 0 aliphatic heterocycles. The number of primary amides is 1. The van der Waals surface area contributed by atoms with Gasteiger partial charge < -0.3 is 15.8 Å². The Morgan fingerprint density at radius 1 is 1.21 bits per heavy atom. The van der Waals surface area contributed by atoms with Crippen LogP contribution < -0.4 is 15.8 Å². The molecule has 1 aromatic rings. The summed E-state index contributed by atoms with van der Waals surface area (Å²) in [5, 5.41) is 2.71. The van der Waals surface area contributed by atoms with Crippen LogP contribution in [0.5, 0.6) is 5.75 Å². The van der Waals surface area contributed by atoms with Crippen LogP contribution in [0.4, 0.5) is 5.69 Å². The number of carbonyl (C=O) groups excluding carboxylic acids is 2. The van der Waals surface area contributed by atoms with Crippen LogP contribution in [-0.2, 0) is 9.59 Å². The Morgan fingerprint density at radius 2 is 1.79 bits per heavy atom. The van der Waals surface area contributed by atoms with Crippen LogP contribution in [-0.4, -0.2) is 17.9 Å². The van der Waals surface area contributed by atoms with Crippen molar-refractivity contribution < 1.29 is 14.3 Å². The van der Waals surface area contributed by atoms with E-state index >= 15 is 0 Å². The summed E-state index contributed by atoms with van der Waals surface area (Å²) < 4.78 is 5.50. The molecule has 0 aliphatic rings. The average Bonchev–Trinajstić information content (AvgIpc) is 2.30. The van der Waals surface area contributed by atoms with E-state index in [0.717, 1.165) is 5.75 Å². The van der Waals surface area contributed by atoms with Crippen molar-refractivity contribution in [3.8, 4) is 5.75 Å². The fourth-order valence-electron chi connectivity index (χ4n) is 1.48. The molecule has 2 amide bonds. The van der Waals surface area contributed by atoms with Gasteiger partial charge in [-0.05, 0) is 38.1 Å². The highest BCUT2D eigenvalue weighted by Gasteiger charge is 2.13. The normalized spacial score (nSPS) is 12.0. The second-order valence-electron chi connectivity index (χ2n) is 4.75. The number of nitrogens with two attached hydrogens (primary N) is 1. The van der Waals surface area contributed by atoms with E-state index in [1.54, 1.807) is 31.2 Å². The molecule has 3 N–H and O–H groups in total. The maximum absolute atomic E-state index is 11.6. The zero-order valence-electron chi connectivity index (χ0n) is 11.5. The highest BCUT2D eigenvalue weighted by molar-refractivity contribution is 5.93. The van der Waals surface area contributed by atoms with Gasteiger partial charge in [0.25, 0.3) is 0 Å². The molecule has 19 heavy (non-hydrogen) atoms. The third kappa shape index (κ3) is 5.42. The minimum Gasteiger partial charge on any atom is -0.491 e. The largest absolute Gasteiger partial charge is 0.491 e. The highest BCUT2D eigenvalue weighted by Crippen LogP contribution is 2.17. The molecule has 0 saturated heterocycles. The van der Waals surface area contributed by atoms with Gasteiger partial charge in [0, 0.05) is 18.0 Å². The molecular weight excluding hydrogens is 244 g/mol. The molecular formula is C14H20N2O3. The number of carbonyl (C=O) groups is 2. The van der Waals surface area contributed by atoms with Crippen LogP contribution in [0.15, 0.2) is 24.3 Å². The molecule has 1 rings (SSSR count). The zero-order chi connectivity index (χ0) is 14.4. The Labute approximate surface area is 113 Å². The minimum atomic E-state index is -0.476. The van der Waals surface area contributed by atoms with E-state index in [0.29, 0.717) is 5.69 Å². The van der Waals surface area contributed by atoms with E-state index in [9.17, 15) is 9.59 Å². The topological polar surface area (TPSA) is 81.4 Å². The number of benzene rings is 1. The molecule has 0 aliphatic carbocycles. The van der Waals surface area contributed by atoms with Crippen molar-refractivity contribution in [1.82, 2.24) is 0 Å². The predicted molar refractivity (Wildman–Crippen MR) is 73.8 cm³/mol. The van der Waals surface area contributed by atoms with Crippen molar-refractivity contribution in [3.05, 3.63) is 24.3 Å². The van der Waals surface area contributed by atoms with Gasteiger partial charge in [-0.2, -0.15) is 0 Å². The third-order valence-corrected chi connectivity index (χ3v) is 2.49. The smallest absolute Gasteiger partial charge is 0.225 e. The lowest BCUT2D eigenvalue weighted by molar-refractivity contribution is -0.125. The van der Waals surface area contributed by atoms with E-state index in [1.165, 1.54) is 0 Å². The van der Waals surface area contributed by atoms with Gasteiger partial charge in [-0.15, -0.1) is 0 Å². The Morgan fingerprint density at radius 3 is 2.26 bits per heavy atom. The van der Waals surface area contributed by atoms with Crippen LogP contribution in [0, 0.1) is 5.92 Å². The van der Waals surface area contributed by atoms with E-state index in [2.05, 4.69) is 5.32 Å². The lowest BCUT2D eigenvalue weighted by Gasteiger charge is -2.11. The van der Waals surface area contributed by atoms with Crippen LogP contribution in [0.2, 0.25) is 0 Å². The molecule has 0 heterocycles. The molecule has 1 unspecified atom stereocenters. The van der Waals surface area contributed by atoms with Gasteiger partial charge in [0.15, 0.2) is 0 Å². The maximum atomic E-state index is 11.6. The molecule has 0 bridgehead atoms. The van der Waals surface area contributed by atoms with Crippen molar-refractivity contribution in [3.63, 3.8) is 0 Å². The van der Waals surface area contributed by atoms with Crippen molar-refractivity contribution in [2.24, 2.45) is 11.7 Å². The standard InChI is InChI=1S/C14H20N2O3/c1-9(2)19-12-6-4-11(5-7-12)16-13(17)8-10(3)14(15)18/h4-7,9-10H,8H2,1-3H3,(H2,15,18)(H,16,17). The summed E-state index contributed by atoms with van der Waals surface area (Å²) >= 11 is 0. The summed E-state index contributed by atoms with van der Waals surface area (Å²) in [7, 11) is 0. The summed E-state index contributed by atoms with van der Waals surface area (Å²) in [6, 6.07) is 7.08. The number of amides is 2. The van der Waals surface area contributed by atoms with E-state index in [-0.39, 0.29) is 18.4 Å². The van der Waals surface area contributed by atoms with Crippen molar-refractivity contribution in [1.29, 1.82) is 0 Å². The second-order valence-corrected chi connectivity index (χ2v) is 4.75. The molecule has 104 valence electrons. The first-order chi connectivity index (χ1) is 8.88. The van der Waals surface area contributed by atoms with E-state index < -0.39 is 11.8 Å². The summed E-state index contributed by atoms with van der Waals surface area (Å²) in [6.07, 6.45) is 0.191. The average molecular weight is 264 g/mol. The maximum Gasteiger partial charge on any atom is 0.225 e. The Hall–Kier alpha value is -2.04. The van der Waals surface area contributed by atoms with Gasteiger partial charge in [-0.25, -0.2) is 0 Å². The number of ether oxygens (including phenoxy) is 1. The lowest BCUT2D eigenvalue weighted by Crippen LogP contribution is -2.25. The molecule has 5 nitrogen and oxygen atoms in total. The van der Waals surface area contributed by atoms with Gasteiger partial charge in [0.1, 0.15) is 5.75 Å². The highest BCUT2D eigenvalue weighted by atomic mass is 16.5. The Balaban J connectivity index is 2.53. The quantitative estimate of drug-likeness (QED) is 0.823. The second kappa shape index (κ2) is 6.78. The van der Waals surface area contributed by atoms with Gasteiger partial charge in [-0.1, -0.05) is 6.92 Å². The van der Waals surface area contributed by atoms with Crippen molar-refractivity contribution in [2.75, 3.05) is 5.32 Å². The first-order valence-electron chi connectivity index (χ1n) is 6.24. The number of anilines is 1. The van der Waals surface area contributed by atoms with Gasteiger partial charge in [-0.3, -0.25) is 9.59 Å². The monoisotopic (exact) mass is 264 g/mol. The molecule has 0 spiro atoms. The molecule has 0 saturated carbocycles. The fraction of sp³-hybridized carbons (Fsp3) is 0.429. The first-order valence-corrected chi connectivity index (χ1v) is 6.24. The first kappa shape index (κ1) is 15.0. The predicted octanol–water partition coefficient (Wildman–Crippen LogP) is 1.92. The van der Waals surface area contributed by atoms with E-state index in [4.69, 9.17) is 10.5 Å². The van der Waals surface area contributed by atoms with Gasteiger partial charge >= 0.3 is 0 Å². The van der Waals surface area contributed by atoms with Crippen molar-refractivity contribution >= 4 is 17.5 Å². The summed E-state index contributed by atoms with van der Waals surface area (Å²) in [5.41, 5.74) is 5.77. The SMILES string of the molecule is CC(C)Oc1ccc(NC(=O)CC(C)C(N)=O)cc1. The van der Waals surface area contributed by atoms with Crippen LogP contribution in [0.25, 0.3) is 0 Å². The number of rotatable bonds is 6. The molecule has 0 aromatic heterocycles. The van der Waals surface area contributed by atoms with Gasteiger partial charge in [0.05, 0.1) is 6.10 Å². The summed E-state index contributed by atoms with van der Waals surface area (Å²) in [5.74, 6) is -0.429. The number of hydrogen-bond acceptors (Lipinski definition) is 3. The van der Waals surface area contributed by atoms with Gasteiger partial charge in [0.2, 0.25) is 11.8 Å². The third-order valence-electron chi connectivity index (χ3n) is 2.49. The molecule has 1 aromatic carbocycles. The number of hydrogen-bond donors (Lipinski definition) is 2. The Bertz CT molecular complexity index is 441. The Kier molecular flexibility index (Phi) is 5.36. The molecule has 1 atom stereocenters. The summed E-state index contributed by atoms with van der Waals surface area (Å²) in [6.45, 7) is 5.52. The van der Waals surface area contributed by atoms with Crippen LogP contribution in [0.3, 0.4) is 0 Å². The summed E-state index contributed by atoms with van der Waals surface area (Å²) in [4.78, 5) is 22.5. The molecule has 0 fully saturated rings. The van der Waals surface area contributed by atoms with Crippen LogP contribution >= 0.6 is 0 Å². The minimum absolute atomic E-state index is 0.0829. The zero-order valence-corrected chi connectivity index (χ0v) is 11.5. The van der Waals surface area contributed by atoms with Crippen LogP contribution in [0.1, 0.15) is 27.2 Å². The van der Waals surface area contributed by atoms with E-state index in [1.807, 2.05) is 13.8 Å². The van der Waals surface area contributed by atoms with Crippen molar-refractivity contribution in [2.45, 2.75) is 33.3 Å². The molecule has 0 radical (unpaired) electrons. The number of nitrogens with one attached hydrogen (secondary N) is 1. The fourth-order valence-corrected chi connectivity index (χ4v) is 1.48.